The summed E-state index contributed by atoms with van der Waals surface area (Å²) in [6.07, 6.45) is -7.29. The monoisotopic (exact) mass is 421 g/mol. The largest absolute Gasteiger partial charge is 0.476 e. The zero-order valence-corrected chi connectivity index (χ0v) is 15.6. The number of nitro groups is 2. The van der Waals surface area contributed by atoms with Gasteiger partial charge in [0.05, 0.1) is 21.5 Å². The van der Waals surface area contributed by atoms with Gasteiger partial charge in [0.25, 0.3) is 5.75 Å². The zero-order valence-electron chi connectivity index (χ0n) is 15.6. The second-order valence-electron chi connectivity index (χ2n) is 7.59. The van der Waals surface area contributed by atoms with Gasteiger partial charge in [0, 0.05) is 25.1 Å². The minimum atomic E-state index is -5.05. The number of benzene rings is 1. The predicted molar refractivity (Wildman–Crippen MR) is 91.8 cm³/mol. The SMILES string of the molecule is CC(C)(C)[C@@H]1C(Oc2c([N+](=O)[O-])cc(C(F)(F)F)cc2[N+](=O)[O-])CCN1C(=O)O. The van der Waals surface area contributed by atoms with Crippen LogP contribution in [0.4, 0.5) is 29.3 Å². The van der Waals surface area contributed by atoms with E-state index in [-0.39, 0.29) is 25.1 Å². The number of ether oxygens (including phenoxy) is 1. The van der Waals surface area contributed by atoms with Crippen molar-refractivity contribution in [2.75, 3.05) is 6.54 Å². The predicted octanol–water partition coefficient (Wildman–Crippen LogP) is 4.07. The first-order chi connectivity index (χ1) is 13.1. The van der Waals surface area contributed by atoms with Gasteiger partial charge in [0.1, 0.15) is 6.10 Å². The van der Waals surface area contributed by atoms with Crippen LogP contribution in [0.25, 0.3) is 0 Å². The van der Waals surface area contributed by atoms with Crippen LogP contribution in [0.1, 0.15) is 32.8 Å². The third-order valence-electron chi connectivity index (χ3n) is 4.52. The van der Waals surface area contributed by atoms with Crippen molar-refractivity contribution in [3.05, 3.63) is 37.9 Å². The lowest BCUT2D eigenvalue weighted by atomic mass is 9.84. The molecule has 13 heteroatoms. The first kappa shape index (κ1) is 22.2. The van der Waals surface area contributed by atoms with E-state index in [0.717, 1.165) is 4.90 Å². The smallest absolute Gasteiger partial charge is 0.416 e. The number of nitrogens with zero attached hydrogens (tertiary/aromatic N) is 3. The third-order valence-corrected chi connectivity index (χ3v) is 4.52. The number of alkyl halides is 3. The van der Waals surface area contributed by atoms with Gasteiger partial charge in [-0.1, -0.05) is 20.8 Å². The van der Waals surface area contributed by atoms with Crippen LogP contribution in [0.15, 0.2) is 12.1 Å². The lowest BCUT2D eigenvalue weighted by Gasteiger charge is -2.36. The molecule has 1 aromatic carbocycles. The fourth-order valence-electron chi connectivity index (χ4n) is 3.43. The molecule has 2 atom stereocenters. The quantitative estimate of drug-likeness (QED) is 0.572. The molecule has 1 aliphatic heterocycles. The molecule has 0 radical (unpaired) electrons. The number of carboxylic acid groups (broad SMARTS) is 1. The molecule has 0 bridgehead atoms. The minimum absolute atomic E-state index is 0.00413. The Morgan fingerprint density at radius 2 is 1.66 bits per heavy atom. The van der Waals surface area contributed by atoms with E-state index in [4.69, 9.17) is 4.74 Å². The third kappa shape index (κ3) is 4.49. The highest BCUT2D eigenvalue weighted by atomic mass is 19.4. The van der Waals surface area contributed by atoms with Crippen molar-refractivity contribution < 1.29 is 37.7 Å². The second kappa shape index (κ2) is 7.37. The van der Waals surface area contributed by atoms with Gasteiger partial charge < -0.3 is 14.7 Å². The molecule has 1 unspecified atom stereocenters. The van der Waals surface area contributed by atoms with Gasteiger partial charge in [-0.25, -0.2) is 4.79 Å². The van der Waals surface area contributed by atoms with E-state index in [1.165, 1.54) is 0 Å². The Labute approximate surface area is 162 Å². The summed E-state index contributed by atoms with van der Waals surface area (Å²) < 4.78 is 44.5. The molecule has 1 saturated heterocycles. The molecule has 29 heavy (non-hydrogen) atoms. The Bertz CT molecular complexity index is 816. The van der Waals surface area contributed by atoms with Gasteiger partial charge in [0.15, 0.2) is 0 Å². The van der Waals surface area contributed by atoms with Gasteiger partial charge in [-0.3, -0.25) is 20.2 Å². The summed E-state index contributed by atoms with van der Waals surface area (Å²) >= 11 is 0. The maximum absolute atomic E-state index is 13.0. The van der Waals surface area contributed by atoms with Crippen LogP contribution in [-0.4, -0.2) is 44.6 Å². The maximum Gasteiger partial charge on any atom is 0.416 e. The van der Waals surface area contributed by atoms with E-state index < -0.39 is 62.4 Å². The summed E-state index contributed by atoms with van der Waals surface area (Å²) in [4.78, 5) is 32.8. The normalized spacial score (nSPS) is 19.9. The van der Waals surface area contributed by atoms with Gasteiger partial charge in [-0.2, -0.15) is 13.2 Å². The molecule has 1 amide bonds. The zero-order chi connectivity index (χ0) is 22.3. The molecule has 1 aliphatic rings. The summed E-state index contributed by atoms with van der Waals surface area (Å²) in [6.45, 7) is 5.06. The van der Waals surface area contributed by atoms with E-state index in [0.29, 0.717) is 0 Å². The highest BCUT2D eigenvalue weighted by molar-refractivity contribution is 5.66. The number of rotatable bonds is 4. The first-order valence-corrected chi connectivity index (χ1v) is 8.35. The maximum atomic E-state index is 13.0. The summed E-state index contributed by atoms with van der Waals surface area (Å²) in [5, 5.41) is 32.0. The molecule has 0 spiro atoms. The number of hydrogen-bond donors (Lipinski definition) is 1. The Hall–Kier alpha value is -3.12. The van der Waals surface area contributed by atoms with Crippen molar-refractivity contribution in [2.45, 2.75) is 45.5 Å². The van der Waals surface area contributed by atoms with Crippen LogP contribution < -0.4 is 4.74 Å². The topological polar surface area (TPSA) is 136 Å². The molecule has 10 nitrogen and oxygen atoms in total. The molecular formula is C16H18F3N3O7. The van der Waals surface area contributed by atoms with Crippen molar-refractivity contribution in [1.29, 1.82) is 0 Å². The van der Waals surface area contributed by atoms with Gasteiger partial charge in [-0.05, 0) is 5.41 Å². The van der Waals surface area contributed by atoms with Gasteiger partial charge in [-0.15, -0.1) is 0 Å². The fraction of sp³-hybridized carbons (Fsp3) is 0.562. The average molecular weight is 421 g/mol. The number of hydrogen-bond acceptors (Lipinski definition) is 6. The summed E-state index contributed by atoms with van der Waals surface area (Å²) in [5.41, 5.74) is -4.70. The van der Waals surface area contributed by atoms with Crippen molar-refractivity contribution >= 4 is 17.5 Å². The number of halogens is 3. The molecule has 0 aliphatic carbocycles. The van der Waals surface area contributed by atoms with E-state index in [1.807, 2.05) is 0 Å². The number of nitro benzene ring substituents is 2. The van der Waals surface area contributed by atoms with Crippen molar-refractivity contribution in [3.63, 3.8) is 0 Å². The molecule has 160 valence electrons. The molecule has 0 aromatic heterocycles. The fourth-order valence-corrected chi connectivity index (χ4v) is 3.43. The Morgan fingerprint density at radius 1 is 1.17 bits per heavy atom. The molecule has 1 fully saturated rings. The van der Waals surface area contributed by atoms with E-state index >= 15 is 0 Å². The van der Waals surface area contributed by atoms with Crippen LogP contribution in [0, 0.1) is 25.6 Å². The highest BCUT2D eigenvalue weighted by Crippen LogP contribution is 2.45. The standard InChI is InChI=1S/C16H18F3N3O7/c1-15(2,3)13-11(4-5-20(13)14(23)24)29-12-9(21(25)26)6-8(16(17,18)19)7-10(12)22(27)28/h6-7,11,13H,4-5H2,1-3H3,(H,23,24)/t11?,13-/m0/s1. The molecular weight excluding hydrogens is 403 g/mol. The first-order valence-electron chi connectivity index (χ1n) is 8.35. The van der Waals surface area contributed by atoms with E-state index in [1.54, 1.807) is 20.8 Å². The molecule has 1 N–H and O–H groups in total. The summed E-state index contributed by atoms with van der Waals surface area (Å²) in [5.74, 6) is -0.931. The van der Waals surface area contributed by atoms with E-state index in [2.05, 4.69) is 0 Å². The van der Waals surface area contributed by atoms with Crippen LogP contribution >= 0.6 is 0 Å². The van der Waals surface area contributed by atoms with Crippen molar-refractivity contribution in [1.82, 2.24) is 4.90 Å². The van der Waals surface area contributed by atoms with Crippen LogP contribution in [-0.2, 0) is 6.18 Å². The molecule has 0 saturated carbocycles. The lowest BCUT2D eigenvalue weighted by Crippen LogP contribution is -2.48. The molecule has 1 aromatic rings. The Morgan fingerprint density at radius 3 is 2.00 bits per heavy atom. The van der Waals surface area contributed by atoms with Gasteiger partial charge in [0.2, 0.25) is 0 Å². The molecule has 1 heterocycles. The highest BCUT2D eigenvalue weighted by Gasteiger charge is 2.47. The summed E-state index contributed by atoms with van der Waals surface area (Å²) in [7, 11) is 0. The number of carbonyl (C=O) groups is 1. The molecule has 2 rings (SSSR count). The Balaban J connectivity index is 2.60. The minimum Gasteiger partial charge on any atom is -0.476 e. The Kier molecular flexibility index (Phi) is 5.63. The number of amides is 1. The van der Waals surface area contributed by atoms with E-state index in [9.17, 15) is 43.3 Å². The second-order valence-corrected chi connectivity index (χ2v) is 7.59. The number of likely N-dealkylation sites (tertiary alicyclic amines) is 1. The lowest BCUT2D eigenvalue weighted by molar-refractivity contribution is -0.396. The van der Waals surface area contributed by atoms with Crippen molar-refractivity contribution in [2.24, 2.45) is 5.41 Å². The van der Waals surface area contributed by atoms with Crippen LogP contribution in [0.5, 0.6) is 5.75 Å². The average Bonchev–Trinajstić information content (AvgIpc) is 2.97. The van der Waals surface area contributed by atoms with Crippen LogP contribution in [0.2, 0.25) is 0 Å². The van der Waals surface area contributed by atoms with Crippen molar-refractivity contribution in [3.8, 4) is 5.75 Å². The van der Waals surface area contributed by atoms with Crippen LogP contribution in [0.3, 0.4) is 0 Å². The van der Waals surface area contributed by atoms with Gasteiger partial charge >= 0.3 is 23.6 Å². The summed E-state index contributed by atoms with van der Waals surface area (Å²) in [6, 6.07) is -0.502.